The molecule has 0 fully saturated rings. The molecule has 1 rings (SSSR count). The second kappa shape index (κ2) is 6.07. The van der Waals surface area contributed by atoms with Crippen LogP contribution in [-0.4, -0.2) is 25.3 Å². The van der Waals surface area contributed by atoms with Crippen molar-refractivity contribution in [1.82, 2.24) is 0 Å². The van der Waals surface area contributed by atoms with Gasteiger partial charge in [0.1, 0.15) is 11.5 Å². The van der Waals surface area contributed by atoms with Gasteiger partial charge in [0.05, 0.1) is 19.1 Å². The zero-order valence-electron chi connectivity index (χ0n) is 8.97. The molecule has 0 saturated heterocycles. The fourth-order valence-electron chi connectivity index (χ4n) is 1.04. The highest BCUT2D eigenvalue weighted by Gasteiger charge is 2.04. The van der Waals surface area contributed by atoms with Gasteiger partial charge in [0, 0.05) is 6.08 Å². The van der Waals surface area contributed by atoms with Gasteiger partial charge in [-0.15, -0.1) is 0 Å². The van der Waals surface area contributed by atoms with Gasteiger partial charge in [-0.05, 0) is 23.6 Å². The van der Waals surface area contributed by atoms with Crippen molar-refractivity contribution >= 4 is 17.7 Å². The van der Waals surface area contributed by atoms with Gasteiger partial charge in [-0.25, -0.2) is 4.79 Å². The molecule has 0 saturated carbocycles. The zero-order chi connectivity index (χ0) is 12.0. The Morgan fingerprint density at radius 2 is 2.12 bits per heavy atom. The number of carboxylic acids is 1. The number of thioether (sulfide) groups is 1. The van der Waals surface area contributed by atoms with E-state index in [0.29, 0.717) is 11.5 Å². The molecule has 0 radical (unpaired) electrons. The number of methoxy groups -OCH3 is 2. The third kappa shape index (κ3) is 3.51. The molecule has 5 heteroatoms. The van der Waals surface area contributed by atoms with Crippen molar-refractivity contribution in [2.24, 2.45) is 0 Å². The van der Waals surface area contributed by atoms with Crippen LogP contribution in [0.2, 0.25) is 0 Å². The molecular weight excluding hydrogens is 228 g/mol. The molecule has 1 aromatic rings. The van der Waals surface area contributed by atoms with Crippen LogP contribution in [0.5, 0.6) is 11.5 Å². The summed E-state index contributed by atoms with van der Waals surface area (Å²) in [5.41, 5.74) is 0. The number of rotatable bonds is 5. The summed E-state index contributed by atoms with van der Waals surface area (Å²) < 4.78 is 10.2. The van der Waals surface area contributed by atoms with E-state index in [0.717, 1.165) is 11.0 Å². The molecule has 16 heavy (non-hydrogen) atoms. The summed E-state index contributed by atoms with van der Waals surface area (Å²) in [4.78, 5) is 11.1. The molecule has 0 spiro atoms. The van der Waals surface area contributed by atoms with E-state index in [4.69, 9.17) is 14.6 Å². The van der Waals surface area contributed by atoms with E-state index in [2.05, 4.69) is 0 Å². The lowest BCUT2D eigenvalue weighted by Crippen LogP contribution is -1.88. The average molecular weight is 240 g/mol. The predicted octanol–water partition coefficient (Wildman–Crippen LogP) is 2.39. The first kappa shape index (κ1) is 12.4. The molecule has 0 aliphatic heterocycles. The van der Waals surface area contributed by atoms with Crippen LogP contribution < -0.4 is 9.47 Å². The first-order valence-electron chi connectivity index (χ1n) is 4.45. The monoisotopic (exact) mass is 240 g/mol. The number of benzene rings is 1. The molecule has 0 amide bonds. The summed E-state index contributed by atoms with van der Waals surface area (Å²) in [6.07, 6.45) is 1.07. The summed E-state index contributed by atoms with van der Waals surface area (Å²) in [5.74, 6) is 0.405. The minimum atomic E-state index is -0.977. The van der Waals surface area contributed by atoms with E-state index in [1.165, 1.54) is 17.2 Å². The molecule has 1 aromatic carbocycles. The zero-order valence-corrected chi connectivity index (χ0v) is 9.78. The Bertz CT molecular complexity index is 401. The predicted molar refractivity (Wildman–Crippen MR) is 62.2 cm³/mol. The van der Waals surface area contributed by atoms with E-state index in [-0.39, 0.29) is 0 Å². The van der Waals surface area contributed by atoms with Gasteiger partial charge < -0.3 is 14.6 Å². The first-order valence-corrected chi connectivity index (χ1v) is 5.33. The highest BCUT2D eigenvalue weighted by atomic mass is 32.2. The number of aliphatic carboxylic acids is 1. The smallest absolute Gasteiger partial charge is 0.328 e. The van der Waals surface area contributed by atoms with Crippen molar-refractivity contribution in [2.45, 2.75) is 4.90 Å². The van der Waals surface area contributed by atoms with Gasteiger partial charge in [-0.1, -0.05) is 11.8 Å². The normalized spacial score (nSPS) is 10.4. The molecule has 0 atom stereocenters. The Morgan fingerprint density at radius 1 is 1.38 bits per heavy atom. The van der Waals surface area contributed by atoms with E-state index in [1.807, 2.05) is 0 Å². The largest absolute Gasteiger partial charge is 0.497 e. The van der Waals surface area contributed by atoms with Crippen LogP contribution in [0.4, 0.5) is 0 Å². The van der Waals surface area contributed by atoms with Gasteiger partial charge in [0.25, 0.3) is 0 Å². The number of hydrogen-bond acceptors (Lipinski definition) is 4. The van der Waals surface area contributed by atoms with E-state index in [9.17, 15) is 4.79 Å². The van der Waals surface area contributed by atoms with Crippen molar-refractivity contribution in [3.8, 4) is 11.5 Å². The van der Waals surface area contributed by atoms with Crippen LogP contribution in [0.15, 0.2) is 34.6 Å². The molecular formula is C11H12O4S. The Balaban J connectivity index is 2.87. The Kier molecular flexibility index (Phi) is 4.72. The van der Waals surface area contributed by atoms with Crippen molar-refractivity contribution in [2.75, 3.05) is 14.2 Å². The minimum absolute atomic E-state index is 0.681. The molecule has 0 aliphatic carbocycles. The summed E-state index contributed by atoms with van der Waals surface area (Å²) in [6, 6.07) is 5.34. The number of ether oxygens (including phenoxy) is 2. The highest BCUT2D eigenvalue weighted by molar-refractivity contribution is 8.02. The molecule has 0 aromatic heterocycles. The second-order valence-electron chi connectivity index (χ2n) is 2.78. The fourth-order valence-corrected chi connectivity index (χ4v) is 1.82. The van der Waals surface area contributed by atoms with Crippen LogP contribution in [0.3, 0.4) is 0 Å². The molecule has 0 heterocycles. The Labute approximate surface area is 97.9 Å². The maximum atomic E-state index is 10.3. The first-order chi connectivity index (χ1) is 7.67. The van der Waals surface area contributed by atoms with Gasteiger partial charge in [0.15, 0.2) is 0 Å². The van der Waals surface area contributed by atoms with Crippen molar-refractivity contribution in [3.05, 3.63) is 29.7 Å². The van der Waals surface area contributed by atoms with E-state index >= 15 is 0 Å². The summed E-state index contributed by atoms with van der Waals surface area (Å²) in [7, 11) is 3.14. The Hall–Kier alpha value is -1.62. The molecule has 0 bridgehead atoms. The number of carboxylic acid groups (broad SMARTS) is 1. The van der Waals surface area contributed by atoms with Crippen LogP contribution in [0.1, 0.15) is 0 Å². The highest BCUT2D eigenvalue weighted by Crippen LogP contribution is 2.33. The SMILES string of the molecule is COc1ccc(OC)c(S/C=C/C(=O)O)c1. The molecule has 4 nitrogen and oxygen atoms in total. The van der Waals surface area contributed by atoms with E-state index in [1.54, 1.807) is 32.4 Å². The maximum Gasteiger partial charge on any atom is 0.328 e. The quantitative estimate of drug-likeness (QED) is 0.632. The fraction of sp³-hybridized carbons (Fsp3) is 0.182. The maximum absolute atomic E-state index is 10.3. The lowest BCUT2D eigenvalue weighted by Gasteiger charge is -2.07. The summed E-state index contributed by atoms with van der Waals surface area (Å²) >= 11 is 1.26. The van der Waals surface area contributed by atoms with Gasteiger partial charge >= 0.3 is 5.97 Å². The minimum Gasteiger partial charge on any atom is -0.497 e. The Morgan fingerprint density at radius 3 is 2.69 bits per heavy atom. The standard InChI is InChI=1S/C11H12O4S/c1-14-8-3-4-9(15-2)10(7-8)16-6-5-11(12)13/h3-7H,1-2H3,(H,12,13)/b6-5+. The lowest BCUT2D eigenvalue weighted by molar-refractivity contribution is -0.131. The summed E-state index contributed by atoms with van der Waals surface area (Å²) in [5, 5.41) is 9.95. The third-order valence-electron chi connectivity index (χ3n) is 1.78. The molecule has 1 N–H and O–H groups in total. The second-order valence-corrected chi connectivity index (χ2v) is 3.72. The molecule has 0 aliphatic rings. The summed E-state index contributed by atoms with van der Waals surface area (Å²) in [6.45, 7) is 0. The molecule has 0 unspecified atom stereocenters. The number of carbonyl (C=O) groups is 1. The van der Waals surface area contributed by atoms with E-state index < -0.39 is 5.97 Å². The third-order valence-corrected chi connectivity index (χ3v) is 2.62. The van der Waals surface area contributed by atoms with Crippen LogP contribution in [0.25, 0.3) is 0 Å². The lowest BCUT2D eigenvalue weighted by atomic mass is 10.3. The van der Waals surface area contributed by atoms with Crippen LogP contribution in [-0.2, 0) is 4.79 Å². The van der Waals surface area contributed by atoms with Gasteiger partial charge in [-0.2, -0.15) is 0 Å². The topological polar surface area (TPSA) is 55.8 Å². The van der Waals surface area contributed by atoms with Crippen LogP contribution >= 0.6 is 11.8 Å². The van der Waals surface area contributed by atoms with Crippen molar-refractivity contribution in [1.29, 1.82) is 0 Å². The van der Waals surface area contributed by atoms with Gasteiger partial charge in [0.2, 0.25) is 0 Å². The van der Waals surface area contributed by atoms with Crippen molar-refractivity contribution in [3.63, 3.8) is 0 Å². The average Bonchev–Trinajstić information content (AvgIpc) is 2.28. The molecule has 86 valence electrons. The van der Waals surface area contributed by atoms with Crippen molar-refractivity contribution < 1.29 is 19.4 Å². The van der Waals surface area contributed by atoms with Crippen LogP contribution in [0, 0.1) is 0 Å². The van der Waals surface area contributed by atoms with Gasteiger partial charge in [-0.3, -0.25) is 0 Å². The number of hydrogen-bond donors (Lipinski definition) is 1.